The summed E-state index contributed by atoms with van der Waals surface area (Å²) in [5.74, 6) is 0.927. The first-order valence-corrected chi connectivity index (χ1v) is 5.14. The number of aliphatic hydroxyl groups is 1. The summed E-state index contributed by atoms with van der Waals surface area (Å²) in [5.41, 5.74) is 0. The van der Waals surface area contributed by atoms with Crippen molar-refractivity contribution in [2.45, 2.75) is 51.6 Å². The smallest absolute Gasteiger partial charge is 0.0445 e. The van der Waals surface area contributed by atoms with Gasteiger partial charge in [-0.2, -0.15) is 0 Å². The fraction of sp³-hybridized carbons (Fsp3) is 1.00. The van der Waals surface area contributed by atoms with Crippen molar-refractivity contribution in [3.05, 3.63) is 0 Å². The molecule has 2 atom stereocenters. The van der Waals surface area contributed by atoms with Gasteiger partial charge in [-0.05, 0) is 38.5 Å². The summed E-state index contributed by atoms with van der Waals surface area (Å²) >= 11 is 0. The van der Waals surface area contributed by atoms with Crippen LogP contribution in [0.2, 0.25) is 0 Å². The van der Waals surface area contributed by atoms with E-state index in [-0.39, 0.29) is 0 Å². The predicted octanol–water partition coefficient (Wildman–Crippen LogP) is 1.54. The van der Waals surface area contributed by atoms with Crippen LogP contribution in [-0.4, -0.2) is 23.8 Å². The third kappa shape index (κ3) is 3.11. The molecule has 2 nitrogen and oxygen atoms in total. The van der Waals surface area contributed by atoms with Crippen LogP contribution in [0.15, 0.2) is 0 Å². The molecule has 0 aliphatic heterocycles. The Morgan fingerprint density at radius 1 is 1.50 bits per heavy atom. The molecule has 0 aromatic heterocycles. The number of rotatable bonds is 6. The molecule has 1 fully saturated rings. The molecule has 1 rings (SSSR count). The molecule has 1 aliphatic carbocycles. The highest BCUT2D eigenvalue weighted by molar-refractivity contribution is 4.86. The van der Waals surface area contributed by atoms with Crippen LogP contribution < -0.4 is 5.32 Å². The van der Waals surface area contributed by atoms with Gasteiger partial charge in [0.1, 0.15) is 0 Å². The molecule has 0 radical (unpaired) electrons. The van der Waals surface area contributed by atoms with Crippen LogP contribution >= 0.6 is 0 Å². The van der Waals surface area contributed by atoms with Crippen molar-refractivity contribution < 1.29 is 5.11 Å². The van der Waals surface area contributed by atoms with Crippen molar-refractivity contribution >= 4 is 0 Å². The van der Waals surface area contributed by atoms with E-state index in [9.17, 15) is 0 Å². The second-order valence-electron chi connectivity index (χ2n) is 3.93. The van der Waals surface area contributed by atoms with Gasteiger partial charge in [0, 0.05) is 18.7 Å². The molecule has 0 amide bonds. The zero-order valence-electron chi connectivity index (χ0n) is 8.21. The van der Waals surface area contributed by atoms with Gasteiger partial charge in [-0.3, -0.25) is 0 Å². The summed E-state index contributed by atoms with van der Waals surface area (Å²) in [4.78, 5) is 0. The summed E-state index contributed by atoms with van der Waals surface area (Å²) in [6.45, 7) is 4.69. The van der Waals surface area contributed by atoms with Gasteiger partial charge in [0.2, 0.25) is 0 Å². The zero-order valence-corrected chi connectivity index (χ0v) is 8.21. The summed E-state index contributed by atoms with van der Waals surface area (Å²) in [7, 11) is 0. The second-order valence-corrected chi connectivity index (χ2v) is 3.93. The largest absolute Gasteiger partial charge is 0.396 e. The average molecular weight is 171 g/mol. The van der Waals surface area contributed by atoms with E-state index in [1.165, 1.54) is 19.3 Å². The lowest BCUT2D eigenvalue weighted by atomic mass is 10.1. The van der Waals surface area contributed by atoms with Gasteiger partial charge in [0.15, 0.2) is 0 Å². The maximum atomic E-state index is 8.74. The van der Waals surface area contributed by atoms with E-state index in [0.29, 0.717) is 18.7 Å². The van der Waals surface area contributed by atoms with E-state index in [1.54, 1.807) is 0 Å². The third-order valence-electron chi connectivity index (χ3n) is 2.69. The predicted molar refractivity (Wildman–Crippen MR) is 51.1 cm³/mol. The highest BCUT2D eigenvalue weighted by Gasteiger charge is 2.30. The van der Waals surface area contributed by atoms with Gasteiger partial charge >= 0.3 is 0 Å². The minimum absolute atomic E-state index is 0.301. The highest BCUT2D eigenvalue weighted by atomic mass is 16.3. The van der Waals surface area contributed by atoms with Crippen molar-refractivity contribution in [3.63, 3.8) is 0 Å². The Kier molecular flexibility index (Phi) is 4.02. The highest BCUT2D eigenvalue weighted by Crippen LogP contribution is 2.34. The van der Waals surface area contributed by atoms with Crippen LogP contribution in [0.5, 0.6) is 0 Å². The molecule has 0 bridgehead atoms. The molecule has 1 aliphatic rings. The van der Waals surface area contributed by atoms with E-state index >= 15 is 0 Å². The van der Waals surface area contributed by atoms with Crippen LogP contribution in [0.4, 0.5) is 0 Å². The quantitative estimate of drug-likeness (QED) is 0.635. The van der Waals surface area contributed by atoms with Crippen molar-refractivity contribution in [2.75, 3.05) is 6.61 Å². The summed E-state index contributed by atoms with van der Waals surface area (Å²) < 4.78 is 0. The standard InChI is InChI=1S/C10H21NO/c1-3-10(9-4-5-9)11-8(2)6-7-12/h8-12H,3-7H2,1-2H3/t8-,10?/m1/s1. The zero-order chi connectivity index (χ0) is 8.97. The molecule has 0 saturated heterocycles. The van der Waals surface area contributed by atoms with E-state index in [2.05, 4.69) is 19.2 Å². The van der Waals surface area contributed by atoms with Gasteiger partial charge in [0.25, 0.3) is 0 Å². The van der Waals surface area contributed by atoms with E-state index in [0.717, 1.165) is 12.3 Å². The minimum atomic E-state index is 0.301. The molecule has 2 N–H and O–H groups in total. The fourth-order valence-corrected chi connectivity index (χ4v) is 1.73. The average Bonchev–Trinajstić information content (AvgIpc) is 2.83. The van der Waals surface area contributed by atoms with E-state index in [1.807, 2.05) is 0 Å². The maximum Gasteiger partial charge on any atom is 0.0445 e. The van der Waals surface area contributed by atoms with Crippen molar-refractivity contribution in [1.29, 1.82) is 0 Å². The van der Waals surface area contributed by atoms with Gasteiger partial charge in [-0.15, -0.1) is 0 Å². The fourth-order valence-electron chi connectivity index (χ4n) is 1.73. The molecule has 0 aromatic rings. The number of aliphatic hydroxyl groups excluding tert-OH is 1. The molecule has 0 spiro atoms. The Morgan fingerprint density at radius 2 is 2.17 bits per heavy atom. The van der Waals surface area contributed by atoms with Crippen LogP contribution in [0.3, 0.4) is 0 Å². The van der Waals surface area contributed by atoms with Crippen LogP contribution in [0.25, 0.3) is 0 Å². The Bertz CT molecular complexity index is 123. The normalized spacial score (nSPS) is 22.2. The molecule has 0 heterocycles. The molecule has 1 unspecified atom stereocenters. The van der Waals surface area contributed by atoms with Gasteiger partial charge in [0.05, 0.1) is 0 Å². The monoisotopic (exact) mass is 171 g/mol. The van der Waals surface area contributed by atoms with Gasteiger partial charge in [-0.1, -0.05) is 6.92 Å². The molecule has 1 saturated carbocycles. The Morgan fingerprint density at radius 3 is 2.58 bits per heavy atom. The first-order valence-electron chi connectivity index (χ1n) is 5.14. The maximum absolute atomic E-state index is 8.74. The van der Waals surface area contributed by atoms with Crippen LogP contribution in [-0.2, 0) is 0 Å². The Balaban J connectivity index is 2.16. The topological polar surface area (TPSA) is 32.3 Å². The molecular weight excluding hydrogens is 150 g/mol. The first kappa shape index (κ1) is 10.0. The third-order valence-corrected chi connectivity index (χ3v) is 2.69. The molecule has 0 aromatic carbocycles. The summed E-state index contributed by atoms with van der Waals surface area (Å²) in [6, 6.07) is 1.17. The van der Waals surface area contributed by atoms with Crippen molar-refractivity contribution in [3.8, 4) is 0 Å². The minimum Gasteiger partial charge on any atom is -0.396 e. The summed E-state index contributed by atoms with van der Waals surface area (Å²) in [6.07, 6.45) is 4.90. The Labute approximate surface area is 75.4 Å². The first-order chi connectivity index (χ1) is 5.77. The molecule has 12 heavy (non-hydrogen) atoms. The Hall–Kier alpha value is -0.0800. The number of hydrogen-bond acceptors (Lipinski definition) is 2. The molecule has 2 heteroatoms. The van der Waals surface area contributed by atoms with Gasteiger partial charge in [-0.25, -0.2) is 0 Å². The molecule has 72 valence electrons. The lowest BCUT2D eigenvalue weighted by Crippen LogP contribution is -2.38. The van der Waals surface area contributed by atoms with Crippen molar-refractivity contribution in [2.24, 2.45) is 5.92 Å². The van der Waals surface area contributed by atoms with Crippen LogP contribution in [0, 0.1) is 5.92 Å². The van der Waals surface area contributed by atoms with E-state index < -0.39 is 0 Å². The van der Waals surface area contributed by atoms with E-state index in [4.69, 9.17) is 5.11 Å². The van der Waals surface area contributed by atoms with Crippen LogP contribution in [0.1, 0.15) is 39.5 Å². The number of hydrogen-bond donors (Lipinski definition) is 2. The SMILES string of the molecule is CCC(N[C@H](C)CCO)C1CC1. The van der Waals surface area contributed by atoms with Gasteiger partial charge < -0.3 is 10.4 Å². The lowest BCUT2D eigenvalue weighted by Gasteiger charge is -2.21. The molecular formula is C10H21NO. The second kappa shape index (κ2) is 4.83. The summed E-state index contributed by atoms with van der Waals surface area (Å²) in [5, 5.41) is 12.3. The van der Waals surface area contributed by atoms with Crippen molar-refractivity contribution in [1.82, 2.24) is 5.32 Å². The number of nitrogens with one attached hydrogen (secondary N) is 1. The lowest BCUT2D eigenvalue weighted by molar-refractivity contribution is 0.258.